The summed E-state index contributed by atoms with van der Waals surface area (Å²) in [5.74, 6) is 2.19. The molecule has 4 rings (SSSR count). The molecule has 1 aromatic heterocycles. The molecule has 1 aliphatic heterocycles. The first-order valence-corrected chi connectivity index (χ1v) is 7.84. The van der Waals surface area contributed by atoms with Crippen molar-refractivity contribution in [1.82, 2.24) is 0 Å². The molecule has 24 heavy (non-hydrogen) atoms. The van der Waals surface area contributed by atoms with E-state index >= 15 is 0 Å². The Labute approximate surface area is 139 Å². The smallest absolute Gasteiger partial charge is 0.231 e. The van der Waals surface area contributed by atoms with Crippen LogP contribution in [0.5, 0.6) is 11.5 Å². The summed E-state index contributed by atoms with van der Waals surface area (Å²) in [4.78, 5) is 0. The van der Waals surface area contributed by atoms with Crippen LogP contribution in [0.3, 0.4) is 0 Å². The topological polar surface area (TPSA) is 72.1 Å². The minimum Gasteiger partial charge on any atom is -0.456 e. The molecule has 2 atom stereocenters. The van der Waals surface area contributed by atoms with Gasteiger partial charge in [0.1, 0.15) is 17.4 Å². The summed E-state index contributed by atoms with van der Waals surface area (Å²) in [6.07, 6.45) is -1.75. The van der Waals surface area contributed by atoms with E-state index in [1.165, 1.54) is 0 Å². The highest BCUT2D eigenvalue weighted by atomic mass is 16.7. The molecule has 0 spiro atoms. The monoisotopic (exact) mass is 326 g/mol. The number of ether oxygens (including phenoxy) is 2. The SMILES string of the molecule is Cc1c(-c2ccc3c(c2)OCO3)oc2ccc([C@H](O)[C@@H](C)O)cc12. The second-order valence-corrected chi connectivity index (χ2v) is 6.07. The highest BCUT2D eigenvalue weighted by Crippen LogP contribution is 2.40. The summed E-state index contributed by atoms with van der Waals surface area (Å²) in [5, 5.41) is 20.6. The molecule has 0 saturated carbocycles. The molecule has 2 heterocycles. The van der Waals surface area contributed by atoms with Gasteiger partial charge in [0, 0.05) is 16.5 Å². The summed E-state index contributed by atoms with van der Waals surface area (Å²) in [6, 6.07) is 11.2. The Bertz CT molecular complexity index is 910. The molecule has 5 heteroatoms. The van der Waals surface area contributed by atoms with E-state index in [1.807, 2.05) is 37.3 Å². The van der Waals surface area contributed by atoms with E-state index in [0.717, 1.165) is 33.6 Å². The van der Waals surface area contributed by atoms with Crippen LogP contribution < -0.4 is 9.47 Å². The first-order chi connectivity index (χ1) is 11.5. The number of aryl methyl sites for hydroxylation is 1. The second kappa shape index (κ2) is 5.54. The van der Waals surface area contributed by atoms with Gasteiger partial charge in [0.25, 0.3) is 0 Å². The van der Waals surface area contributed by atoms with Crippen LogP contribution in [0.15, 0.2) is 40.8 Å². The summed E-state index contributed by atoms with van der Waals surface area (Å²) >= 11 is 0. The third-order valence-electron chi connectivity index (χ3n) is 4.39. The fourth-order valence-electron chi connectivity index (χ4n) is 3.01. The van der Waals surface area contributed by atoms with Crippen molar-refractivity contribution in [2.24, 2.45) is 0 Å². The number of aliphatic hydroxyl groups is 2. The molecule has 0 bridgehead atoms. The van der Waals surface area contributed by atoms with E-state index in [-0.39, 0.29) is 6.79 Å². The molecule has 5 nitrogen and oxygen atoms in total. The van der Waals surface area contributed by atoms with Crippen molar-refractivity contribution in [3.63, 3.8) is 0 Å². The maximum absolute atomic E-state index is 10.1. The fraction of sp³-hybridized carbons (Fsp3) is 0.263. The van der Waals surface area contributed by atoms with Crippen LogP contribution in [-0.2, 0) is 0 Å². The van der Waals surface area contributed by atoms with Crippen LogP contribution in [0.4, 0.5) is 0 Å². The van der Waals surface area contributed by atoms with Gasteiger partial charge in [-0.3, -0.25) is 0 Å². The quantitative estimate of drug-likeness (QED) is 0.770. The number of fused-ring (bicyclic) bond motifs is 2. The van der Waals surface area contributed by atoms with E-state index in [4.69, 9.17) is 13.9 Å². The van der Waals surface area contributed by atoms with Crippen LogP contribution in [0.1, 0.15) is 24.2 Å². The number of aliphatic hydroxyl groups excluding tert-OH is 2. The van der Waals surface area contributed by atoms with Crippen molar-refractivity contribution in [2.75, 3.05) is 6.79 Å². The first kappa shape index (κ1) is 15.1. The predicted molar refractivity (Wildman–Crippen MR) is 89.2 cm³/mol. The molecule has 2 aromatic carbocycles. The van der Waals surface area contributed by atoms with Crippen molar-refractivity contribution in [1.29, 1.82) is 0 Å². The summed E-state index contributed by atoms with van der Waals surface area (Å²) in [6.45, 7) is 3.78. The Morgan fingerprint density at radius 3 is 2.58 bits per heavy atom. The maximum atomic E-state index is 10.1. The van der Waals surface area contributed by atoms with Crippen molar-refractivity contribution in [3.05, 3.63) is 47.5 Å². The number of hydrogen-bond donors (Lipinski definition) is 2. The highest BCUT2D eigenvalue weighted by Gasteiger charge is 2.20. The van der Waals surface area contributed by atoms with Gasteiger partial charge in [0.05, 0.1) is 6.10 Å². The molecule has 3 aromatic rings. The van der Waals surface area contributed by atoms with E-state index in [9.17, 15) is 10.2 Å². The lowest BCUT2D eigenvalue weighted by Gasteiger charge is -2.13. The molecule has 2 N–H and O–H groups in total. The van der Waals surface area contributed by atoms with Crippen LogP contribution in [0, 0.1) is 6.92 Å². The van der Waals surface area contributed by atoms with E-state index in [1.54, 1.807) is 13.0 Å². The van der Waals surface area contributed by atoms with E-state index in [0.29, 0.717) is 11.3 Å². The Morgan fingerprint density at radius 2 is 1.79 bits per heavy atom. The summed E-state index contributed by atoms with van der Waals surface area (Å²) in [5.41, 5.74) is 3.29. The molecule has 0 unspecified atom stereocenters. The van der Waals surface area contributed by atoms with E-state index < -0.39 is 12.2 Å². The largest absolute Gasteiger partial charge is 0.456 e. The Hall–Kier alpha value is -2.50. The van der Waals surface area contributed by atoms with Gasteiger partial charge in [-0.2, -0.15) is 0 Å². The first-order valence-electron chi connectivity index (χ1n) is 7.84. The van der Waals surface area contributed by atoms with E-state index in [2.05, 4.69) is 0 Å². The molecule has 0 saturated heterocycles. The normalized spacial score (nSPS) is 15.7. The van der Waals surface area contributed by atoms with Gasteiger partial charge in [-0.05, 0) is 49.7 Å². The Balaban J connectivity index is 1.81. The predicted octanol–water partition coefficient (Wildman–Crippen LogP) is 3.55. The lowest BCUT2D eigenvalue weighted by molar-refractivity contribution is 0.0306. The van der Waals surface area contributed by atoms with Gasteiger partial charge in [0.15, 0.2) is 11.5 Å². The zero-order valence-corrected chi connectivity index (χ0v) is 13.4. The van der Waals surface area contributed by atoms with Crippen LogP contribution >= 0.6 is 0 Å². The summed E-state index contributed by atoms with van der Waals surface area (Å²) in [7, 11) is 0. The van der Waals surface area contributed by atoms with Gasteiger partial charge in [-0.15, -0.1) is 0 Å². The van der Waals surface area contributed by atoms with Crippen molar-refractivity contribution < 1.29 is 24.1 Å². The van der Waals surface area contributed by atoms with Gasteiger partial charge in [-0.25, -0.2) is 0 Å². The molecular weight excluding hydrogens is 308 g/mol. The molecule has 1 aliphatic rings. The fourth-order valence-corrected chi connectivity index (χ4v) is 3.01. The number of benzene rings is 2. The average Bonchev–Trinajstić information content (AvgIpc) is 3.17. The van der Waals surface area contributed by atoms with Crippen LogP contribution in [0.25, 0.3) is 22.3 Å². The van der Waals surface area contributed by atoms with Crippen molar-refractivity contribution in [2.45, 2.75) is 26.1 Å². The van der Waals surface area contributed by atoms with Gasteiger partial charge >= 0.3 is 0 Å². The Kier molecular flexibility index (Phi) is 3.48. The number of furan rings is 1. The van der Waals surface area contributed by atoms with Gasteiger partial charge in [0.2, 0.25) is 6.79 Å². The molecule has 124 valence electrons. The van der Waals surface area contributed by atoms with Gasteiger partial charge < -0.3 is 24.1 Å². The minimum absolute atomic E-state index is 0.235. The van der Waals surface area contributed by atoms with Crippen molar-refractivity contribution >= 4 is 11.0 Å². The third-order valence-corrected chi connectivity index (χ3v) is 4.39. The highest BCUT2D eigenvalue weighted by molar-refractivity contribution is 5.88. The lowest BCUT2D eigenvalue weighted by atomic mass is 10.0. The minimum atomic E-state index is -0.919. The zero-order chi connectivity index (χ0) is 16.8. The summed E-state index contributed by atoms with van der Waals surface area (Å²) < 4.78 is 16.8. The van der Waals surface area contributed by atoms with Crippen molar-refractivity contribution in [3.8, 4) is 22.8 Å². The molecular formula is C19H18O5. The van der Waals surface area contributed by atoms with Gasteiger partial charge in [-0.1, -0.05) is 6.07 Å². The molecule has 0 radical (unpaired) electrons. The Morgan fingerprint density at radius 1 is 1.00 bits per heavy atom. The standard InChI is InChI=1S/C19H18O5/c1-10-14-7-12(18(21)11(2)20)3-5-15(14)24-19(10)13-4-6-16-17(8-13)23-9-22-16/h3-8,11,18,20-21H,9H2,1-2H3/t11-,18-/m1/s1. The molecule has 0 fully saturated rings. The number of hydrogen-bond acceptors (Lipinski definition) is 5. The molecule has 0 aliphatic carbocycles. The third kappa shape index (κ3) is 2.33. The van der Waals surface area contributed by atoms with Crippen LogP contribution in [-0.4, -0.2) is 23.1 Å². The van der Waals surface area contributed by atoms with Crippen LogP contribution in [0.2, 0.25) is 0 Å². The second-order valence-electron chi connectivity index (χ2n) is 6.07. The average molecular weight is 326 g/mol. The maximum Gasteiger partial charge on any atom is 0.231 e. The zero-order valence-electron chi connectivity index (χ0n) is 13.4. The lowest BCUT2D eigenvalue weighted by Crippen LogP contribution is -2.13. The number of rotatable bonds is 3. The molecule has 0 amide bonds.